The van der Waals surface area contributed by atoms with Crippen molar-refractivity contribution < 1.29 is 62.9 Å². The molecule has 8 rings (SSSR count). The SMILES string of the molecule is CC[C@@]1(O)C(=O)OCc2c1cc1n(c2=O)Cc2c-1nc1ccccc1c2/C=N\OCCNC(=O)CCC(=O)NCc1ccc(C[C@@H]2NC(=O)[C@@H](Cc3ccccc3)NC(=O)[C@H](CC(=O)O)NC(=O)CNC(=O)[C@H](CCCN=C(N)N)NC2=O)cc1. The number of hydrogen-bond acceptors (Lipinski definition) is 16. The van der Waals surface area contributed by atoms with E-state index in [1.165, 1.54) is 10.8 Å². The Morgan fingerprint density at radius 2 is 1.44 bits per heavy atom. The second-order valence-electron chi connectivity index (χ2n) is 20.4. The number of guanidine groups is 1. The van der Waals surface area contributed by atoms with E-state index in [1.54, 1.807) is 67.6 Å². The molecule has 5 atom stereocenters. The number of para-hydroxylation sites is 1. The average molecular weight is 1170 g/mol. The second-order valence-corrected chi connectivity index (χ2v) is 20.4. The standard InChI is InChI=1S/C58H65N13O14/c1-2-58(83)39-25-45-50-37(30-71(45)55(81)38(39)31-84-56(58)82)36(35-11-6-7-12-40(35)67-50)28-65-85-22-21-61-46(72)18-19-47(73)63-27-34-16-14-33(15-17-34)24-43-52(78)68-41(13-8-20-62-57(59)60)51(77)64-29-48(74)66-44(26-49(75)76)54(80)70-42(53(79)69-43)23-32-9-4-3-5-10-32/h3-7,9-12,14-17,25,28,41-44,83H,2,8,13,18-24,26-27,29-31H2,1H3,(H,61,72)(H,63,73)(H,64,77)(H,66,74)(H,68,78)(H,69,79)(H,70,80)(H,75,76)(H4,59,60,62)/b65-28-/t41-,42+,43-,44-,58-/m0/s1. The maximum atomic E-state index is 14.2. The van der Waals surface area contributed by atoms with E-state index in [4.69, 9.17) is 26.0 Å². The molecule has 0 unspecified atom stereocenters. The lowest BCUT2D eigenvalue weighted by atomic mass is 9.86. The number of carboxylic acid groups (broad SMARTS) is 1. The number of benzene rings is 3. The lowest BCUT2D eigenvalue weighted by Crippen LogP contribution is -2.58. The molecule has 0 aliphatic carbocycles. The molecule has 0 saturated carbocycles. The van der Waals surface area contributed by atoms with Crippen molar-refractivity contribution in [1.29, 1.82) is 0 Å². The minimum absolute atomic E-state index is 0.00398. The number of rotatable bonds is 21. The van der Waals surface area contributed by atoms with Crippen LogP contribution in [0, 0.1) is 0 Å². The van der Waals surface area contributed by atoms with Gasteiger partial charge in [0.15, 0.2) is 11.6 Å². The number of carboxylic acids is 1. The van der Waals surface area contributed by atoms with Crippen LogP contribution < -0.4 is 54.2 Å². The van der Waals surface area contributed by atoms with Gasteiger partial charge in [-0.3, -0.25) is 48.1 Å². The predicted molar refractivity (Wildman–Crippen MR) is 305 cm³/mol. The Hall–Kier alpha value is -10.0. The van der Waals surface area contributed by atoms with Gasteiger partial charge in [0.05, 0.1) is 54.7 Å². The minimum Gasteiger partial charge on any atom is -0.481 e. The molecule has 1 saturated heterocycles. The number of ether oxygens (including phenoxy) is 1. The third-order valence-corrected chi connectivity index (χ3v) is 14.5. The van der Waals surface area contributed by atoms with Gasteiger partial charge in [-0.15, -0.1) is 0 Å². The molecule has 0 radical (unpaired) electrons. The number of aliphatic hydroxyl groups is 1. The number of nitrogens with zero attached hydrogens (tertiary/aromatic N) is 4. The Morgan fingerprint density at radius 3 is 2.12 bits per heavy atom. The van der Waals surface area contributed by atoms with Crippen molar-refractivity contribution in [3.05, 3.63) is 134 Å². The number of oxime groups is 1. The van der Waals surface area contributed by atoms with Gasteiger partial charge < -0.3 is 73.0 Å². The molecule has 2 aromatic heterocycles. The van der Waals surface area contributed by atoms with E-state index in [0.717, 1.165) is 5.39 Å². The summed E-state index contributed by atoms with van der Waals surface area (Å²) in [6, 6.07) is 18.6. The molecule has 0 bridgehead atoms. The van der Waals surface area contributed by atoms with Crippen LogP contribution in [0.4, 0.5) is 0 Å². The molecule has 1 fully saturated rings. The summed E-state index contributed by atoms with van der Waals surface area (Å²) >= 11 is 0. The Morgan fingerprint density at radius 1 is 0.800 bits per heavy atom. The van der Waals surface area contributed by atoms with Crippen LogP contribution in [0.15, 0.2) is 99.9 Å². The number of fused-ring (bicyclic) bond motifs is 5. The van der Waals surface area contributed by atoms with Gasteiger partial charge in [-0.25, -0.2) is 9.78 Å². The third kappa shape index (κ3) is 15.3. The number of cyclic esters (lactones) is 1. The average Bonchev–Trinajstić information content (AvgIpc) is 1.71. The molecule has 3 aliphatic heterocycles. The molecular formula is C58H65N13O14. The number of aliphatic imine (C=N–C) groups is 1. The van der Waals surface area contributed by atoms with Gasteiger partial charge >= 0.3 is 11.9 Å². The fraction of sp³-hybridized carbons (Fsp3) is 0.362. The summed E-state index contributed by atoms with van der Waals surface area (Å²) in [6.45, 7) is 1.03. The van der Waals surface area contributed by atoms with E-state index >= 15 is 0 Å². The van der Waals surface area contributed by atoms with E-state index in [9.17, 15) is 58.2 Å². The number of nitrogens with one attached hydrogen (secondary N) is 7. The number of esters is 1. The summed E-state index contributed by atoms with van der Waals surface area (Å²) in [6.07, 6.45) is 0.351. The fourth-order valence-electron chi connectivity index (χ4n) is 10.00. The first-order valence-corrected chi connectivity index (χ1v) is 27.5. The molecule has 0 spiro atoms. The molecule has 27 heteroatoms. The Kier molecular flexibility index (Phi) is 20.0. The van der Waals surface area contributed by atoms with Crippen molar-refractivity contribution in [2.75, 3.05) is 26.2 Å². The van der Waals surface area contributed by atoms with Crippen LogP contribution in [0.2, 0.25) is 0 Å². The molecule has 5 aromatic rings. The maximum absolute atomic E-state index is 14.2. The lowest BCUT2D eigenvalue weighted by Gasteiger charge is -2.31. The highest BCUT2D eigenvalue weighted by atomic mass is 16.6. The smallest absolute Gasteiger partial charge is 0.343 e. The molecule has 7 amide bonds. The van der Waals surface area contributed by atoms with Gasteiger partial charge in [0.1, 0.15) is 37.4 Å². The van der Waals surface area contributed by atoms with Crippen molar-refractivity contribution in [1.82, 2.24) is 46.8 Å². The van der Waals surface area contributed by atoms with Crippen LogP contribution in [0.25, 0.3) is 22.3 Å². The van der Waals surface area contributed by atoms with E-state index < -0.39 is 102 Å². The van der Waals surface area contributed by atoms with Gasteiger partial charge in [0.25, 0.3) is 5.56 Å². The van der Waals surface area contributed by atoms with Crippen molar-refractivity contribution in [3.8, 4) is 11.4 Å². The number of carbonyl (C=O) groups excluding carboxylic acids is 8. The largest absolute Gasteiger partial charge is 0.481 e. The van der Waals surface area contributed by atoms with Crippen molar-refractivity contribution in [2.45, 2.75) is 108 Å². The molecule has 3 aliphatic rings. The Bertz CT molecular complexity index is 3510. The maximum Gasteiger partial charge on any atom is 0.343 e. The van der Waals surface area contributed by atoms with Gasteiger partial charge in [-0.05, 0) is 48.1 Å². The topological polar surface area (TPSA) is 408 Å². The van der Waals surface area contributed by atoms with Crippen LogP contribution in [0.3, 0.4) is 0 Å². The zero-order chi connectivity index (χ0) is 60.8. The normalized spacial score (nSPS) is 19.7. The highest BCUT2D eigenvalue weighted by Gasteiger charge is 2.46. The fourth-order valence-corrected chi connectivity index (χ4v) is 10.00. The van der Waals surface area contributed by atoms with Crippen LogP contribution in [0.5, 0.6) is 0 Å². The van der Waals surface area contributed by atoms with Crippen LogP contribution in [-0.2, 0) is 90.9 Å². The quantitative estimate of drug-likeness (QED) is 0.0136. The van der Waals surface area contributed by atoms with E-state index in [-0.39, 0.29) is 101 Å². The summed E-state index contributed by atoms with van der Waals surface area (Å²) in [7, 11) is 0. The predicted octanol–water partition coefficient (Wildman–Crippen LogP) is -0.975. The molecule has 13 N–H and O–H groups in total. The van der Waals surface area contributed by atoms with E-state index in [0.29, 0.717) is 44.7 Å². The van der Waals surface area contributed by atoms with Crippen molar-refractivity contribution >= 4 is 76.4 Å². The van der Waals surface area contributed by atoms with Gasteiger partial charge in [-0.1, -0.05) is 84.9 Å². The van der Waals surface area contributed by atoms with Gasteiger partial charge in [0.2, 0.25) is 41.4 Å². The first-order valence-electron chi connectivity index (χ1n) is 27.5. The van der Waals surface area contributed by atoms with Crippen LogP contribution >= 0.6 is 0 Å². The zero-order valence-electron chi connectivity index (χ0n) is 46.3. The number of amides is 7. The first kappa shape index (κ1) is 61.0. The molecular weight excluding hydrogens is 1100 g/mol. The molecule has 27 nitrogen and oxygen atoms in total. The minimum atomic E-state index is -1.98. The summed E-state index contributed by atoms with van der Waals surface area (Å²) < 4.78 is 6.73. The number of hydrogen-bond donors (Lipinski definition) is 11. The zero-order valence-corrected chi connectivity index (χ0v) is 46.3. The summed E-state index contributed by atoms with van der Waals surface area (Å²) in [4.78, 5) is 147. The monoisotopic (exact) mass is 1170 g/mol. The molecule has 3 aromatic carbocycles. The summed E-state index contributed by atoms with van der Waals surface area (Å²) in [5.74, 6) is -7.59. The molecule has 5 heterocycles. The number of nitrogens with two attached hydrogens (primary N) is 2. The Labute approximate surface area is 485 Å². The third-order valence-electron chi connectivity index (χ3n) is 14.5. The molecule has 446 valence electrons. The highest BCUT2D eigenvalue weighted by molar-refractivity contribution is 6.03. The molecule has 85 heavy (non-hydrogen) atoms. The Balaban J connectivity index is 0.857. The van der Waals surface area contributed by atoms with Gasteiger partial charge in [0, 0.05) is 60.8 Å². The van der Waals surface area contributed by atoms with E-state index in [2.05, 4.69) is 47.4 Å². The highest BCUT2D eigenvalue weighted by Crippen LogP contribution is 2.40. The number of aliphatic carboxylic acids is 1. The second kappa shape index (κ2) is 27.8. The first-order chi connectivity index (χ1) is 40.8. The van der Waals surface area contributed by atoms with E-state index in [1.807, 2.05) is 24.3 Å². The number of aromatic nitrogens is 2. The van der Waals surface area contributed by atoms with Gasteiger partial charge in [-0.2, -0.15) is 0 Å². The summed E-state index contributed by atoms with van der Waals surface area (Å²) in [5.41, 5.74) is 13.6. The number of pyridine rings is 2. The van der Waals surface area contributed by atoms with Crippen LogP contribution in [0.1, 0.15) is 84.4 Å². The van der Waals surface area contributed by atoms with Crippen molar-refractivity contribution in [3.63, 3.8) is 0 Å². The van der Waals surface area contributed by atoms with Crippen molar-refractivity contribution in [2.24, 2.45) is 21.6 Å². The lowest BCUT2D eigenvalue weighted by molar-refractivity contribution is -0.172. The number of carbonyl (C=O) groups is 9. The summed E-state index contributed by atoms with van der Waals surface area (Å²) in [5, 5.41) is 43.9. The van der Waals surface area contributed by atoms with Crippen LogP contribution in [-0.4, -0.2) is 136 Å².